The molecule has 1 heterocycles. The van der Waals surface area contributed by atoms with Gasteiger partial charge in [0, 0.05) is 56.3 Å². The lowest BCUT2D eigenvalue weighted by atomic mass is 9.93. The molecule has 1 aromatic rings. The third-order valence-corrected chi connectivity index (χ3v) is 6.81. The molecule has 3 atom stereocenters. The Morgan fingerprint density at radius 2 is 1.90 bits per heavy atom. The number of piperazine rings is 1. The molecule has 0 aromatic heterocycles. The van der Waals surface area contributed by atoms with Gasteiger partial charge in [-0.3, -0.25) is 9.59 Å². The van der Waals surface area contributed by atoms with Crippen LogP contribution in [-0.2, 0) is 9.59 Å². The van der Waals surface area contributed by atoms with Gasteiger partial charge in [-0.05, 0) is 55.2 Å². The van der Waals surface area contributed by atoms with Crippen molar-refractivity contribution in [3.8, 4) is 0 Å². The van der Waals surface area contributed by atoms with Gasteiger partial charge in [0.25, 0.3) is 0 Å². The summed E-state index contributed by atoms with van der Waals surface area (Å²) in [5.74, 6) is 2.23. The van der Waals surface area contributed by atoms with Crippen molar-refractivity contribution in [1.29, 1.82) is 0 Å². The number of carbonyl (C=O) groups excluding carboxylic acids is 2. The zero-order valence-electron chi connectivity index (χ0n) is 16.9. The molecule has 2 amide bonds. The molecule has 3 aliphatic rings. The summed E-state index contributed by atoms with van der Waals surface area (Å²) >= 11 is 6.07. The lowest BCUT2D eigenvalue weighted by molar-refractivity contribution is -0.131. The fourth-order valence-electron chi connectivity index (χ4n) is 4.91. The van der Waals surface area contributed by atoms with Crippen LogP contribution in [0.25, 0.3) is 0 Å². The van der Waals surface area contributed by atoms with Gasteiger partial charge in [-0.25, -0.2) is 0 Å². The number of hydrogen-bond donors (Lipinski definition) is 1. The minimum absolute atomic E-state index is 0.0790. The van der Waals surface area contributed by atoms with Crippen LogP contribution in [0.1, 0.15) is 32.1 Å². The van der Waals surface area contributed by atoms with Gasteiger partial charge in [-0.15, -0.1) is 0 Å². The predicted octanol–water partition coefficient (Wildman–Crippen LogP) is 3.49. The quantitative estimate of drug-likeness (QED) is 0.693. The number of benzene rings is 1. The highest BCUT2D eigenvalue weighted by Gasteiger charge is 2.35. The van der Waals surface area contributed by atoms with Crippen molar-refractivity contribution in [1.82, 2.24) is 10.2 Å². The number of halogens is 1. The Balaban J connectivity index is 1.11. The topological polar surface area (TPSA) is 52.7 Å². The van der Waals surface area contributed by atoms with Crippen molar-refractivity contribution in [2.45, 2.75) is 32.1 Å². The van der Waals surface area contributed by atoms with Crippen molar-refractivity contribution < 1.29 is 9.59 Å². The van der Waals surface area contributed by atoms with E-state index < -0.39 is 0 Å². The van der Waals surface area contributed by atoms with E-state index in [0.29, 0.717) is 31.1 Å². The molecule has 156 valence electrons. The summed E-state index contributed by atoms with van der Waals surface area (Å²) in [7, 11) is 0. The van der Waals surface area contributed by atoms with E-state index in [0.717, 1.165) is 49.4 Å². The maximum absolute atomic E-state index is 12.5. The molecule has 2 fully saturated rings. The van der Waals surface area contributed by atoms with Gasteiger partial charge in [0.15, 0.2) is 0 Å². The largest absolute Gasteiger partial charge is 0.368 e. The molecule has 1 saturated heterocycles. The van der Waals surface area contributed by atoms with Crippen LogP contribution in [0, 0.1) is 17.8 Å². The summed E-state index contributed by atoms with van der Waals surface area (Å²) in [5.41, 5.74) is 1.10. The standard InChI is InChI=1S/C23H30ClN3O2/c24-20-3-1-4-21(15-20)26-9-11-27(12-10-26)23(29)6-2-5-22(28)25-16-19-14-17-7-8-18(19)13-17/h1,3-4,7-8,15,17-19H,2,5-6,9-14,16H2,(H,25,28)/t17-,18+,19-/m1/s1. The average Bonchev–Trinajstić information content (AvgIpc) is 3.36. The van der Waals surface area contributed by atoms with Gasteiger partial charge in [0.1, 0.15) is 0 Å². The second-order valence-corrected chi connectivity index (χ2v) is 8.98. The molecule has 29 heavy (non-hydrogen) atoms. The fourth-order valence-corrected chi connectivity index (χ4v) is 5.09. The number of rotatable bonds is 7. The predicted molar refractivity (Wildman–Crippen MR) is 116 cm³/mol. The highest BCUT2D eigenvalue weighted by atomic mass is 35.5. The summed E-state index contributed by atoms with van der Waals surface area (Å²) in [6, 6.07) is 7.84. The fraction of sp³-hybridized carbons (Fsp3) is 0.565. The molecule has 2 bridgehead atoms. The lowest BCUT2D eigenvalue weighted by Crippen LogP contribution is -2.48. The van der Waals surface area contributed by atoms with E-state index in [1.54, 1.807) is 0 Å². The summed E-state index contributed by atoms with van der Waals surface area (Å²) in [6.07, 6.45) is 8.61. The number of allylic oxidation sites excluding steroid dienone is 2. The molecule has 0 radical (unpaired) electrons. The van der Waals surface area contributed by atoms with Crippen molar-refractivity contribution in [2.24, 2.45) is 17.8 Å². The van der Waals surface area contributed by atoms with Crippen molar-refractivity contribution >= 4 is 29.1 Å². The molecule has 1 saturated carbocycles. The summed E-state index contributed by atoms with van der Waals surface area (Å²) < 4.78 is 0. The Labute approximate surface area is 178 Å². The lowest BCUT2D eigenvalue weighted by Gasteiger charge is -2.36. The average molecular weight is 416 g/mol. The molecule has 2 aliphatic carbocycles. The summed E-state index contributed by atoms with van der Waals surface area (Å²) in [6.45, 7) is 3.84. The van der Waals surface area contributed by atoms with Gasteiger partial charge >= 0.3 is 0 Å². The first-order valence-corrected chi connectivity index (χ1v) is 11.2. The number of hydrogen-bond acceptors (Lipinski definition) is 3. The Kier molecular flexibility index (Phi) is 6.43. The second-order valence-electron chi connectivity index (χ2n) is 8.55. The van der Waals surface area contributed by atoms with E-state index in [1.165, 1.54) is 12.8 Å². The van der Waals surface area contributed by atoms with Gasteiger partial charge in [-0.2, -0.15) is 0 Å². The SMILES string of the molecule is O=C(CCCC(=O)N1CCN(c2cccc(Cl)c2)CC1)NC[C@H]1C[C@@H]2C=C[C@H]1C2. The molecular weight excluding hydrogens is 386 g/mol. The second kappa shape index (κ2) is 9.21. The zero-order valence-corrected chi connectivity index (χ0v) is 17.6. The number of carbonyl (C=O) groups is 2. The van der Waals surface area contributed by atoms with Crippen molar-refractivity contribution in [2.75, 3.05) is 37.6 Å². The Hall–Kier alpha value is -2.01. The normalized spacial score (nSPS) is 25.5. The molecule has 1 N–H and O–H groups in total. The van der Waals surface area contributed by atoms with Crippen LogP contribution in [0.5, 0.6) is 0 Å². The first-order valence-electron chi connectivity index (χ1n) is 10.8. The number of nitrogens with one attached hydrogen (secondary N) is 1. The van der Waals surface area contributed by atoms with Crippen molar-refractivity contribution in [3.05, 3.63) is 41.4 Å². The Bertz CT molecular complexity index is 773. The van der Waals surface area contributed by atoms with Crippen LogP contribution in [0.3, 0.4) is 0 Å². The van der Waals surface area contributed by atoms with Crippen LogP contribution in [0.2, 0.25) is 5.02 Å². The molecule has 0 spiro atoms. The Morgan fingerprint density at radius 1 is 1.07 bits per heavy atom. The number of fused-ring (bicyclic) bond motifs is 2. The molecule has 1 aromatic carbocycles. The molecule has 1 aliphatic heterocycles. The minimum Gasteiger partial charge on any atom is -0.368 e. The molecular formula is C23H30ClN3O2. The highest BCUT2D eigenvalue weighted by Crippen LogP contribution is 2.42. The van der Waals surface area contributed by atoms with Gasteiger partial charge < -0.3 is 15.1 Å². The Morgan fingerprint density at radius 3 is 2.59 bits per heavy atom. The van der Waals surface area contributed by atoms with Gasteiger partial charge in [0.2, 0.25) is 11.8 Å². The zero-order chi connectivity index (χ0) is 20.2. The number of nitrogens with zero attached hydrogens (tertiary/aromatic N) is 2. The first-order chi connectivity index (χ1) is 14.1. The number of amides is 2. The minimum atomic E-state index is 0.0790. The monoisotopic (exact) mass is 415 g/mol. The van der Waals surface area contributed by atoms with E-state index in [-0.39, 0.29) is 11.8 Å². The van der Waals surface area contributed by atoms with Crippen LogP contribution in [0.4, 0.5) is 5.69 Å². The van der Waals surface area contributed by atoms with Crippen LogP contribution >= 0.6 is 11.6 Å². The van der Waals surface area contributed by atoms with E-state index in [9.17, 15) is 9.59 Å². The van der Waals surface area contributed by atoms with Crippen LogP contribution in [0.15, 0.2) is 36.4 Å². The highest BCUT2D eigenvalue weighted by molar-refractivity contribution is 6.30. The maximum atomic E-state index is 12.5. The van der Waals surface area contributed by atoms with Crippen LogP contribution in [-0.4, -0.2) is 49.4 Å². The third-order valence-electron chi connectivity index (χ3n) is 6.58. The molecule has 0 unspecified atom stereocenters. The van der Waals surface area contributed by atoms with Gasteiger partial charge in [0.05, 0.1) is 0 Å². The van der Waals surface area contributed by atoms with E-state index in [2.05, 4.69) is 28.4 Å². The van der Waals surface area contributed by atoms with Gasteiger partial charge in [-0.1, -0.05) is 29.8 Å². The van der Waals surface area contributed by atoms with Crippen molar-refractivity contribution in [3.63, 3.8) is 0 Å². The number of anilines is 1. The third kappa shape index (κ3) is 5.13. The molecule has 5 nitrogen and oxygen atoms in total. The maximum Gasteiger partial charge on any atom is 0.222 e. The van der Waals surface area contributed by atoms with Crippen LogP contribution < -0.4 is 10.2 Å². The van der Waals surface area contributed by atoms with E-state index >= 15 is 0 Å². The van der Waals surface area contributed by atoms with E-state index in [4.69, 9.17) is 11.6 Å². The van der Waals surface area contributed by atoms with E-state index in [1.807, 2.05) is 23.1 Å². The summed E-state index contributed by atoms with van der Waals surface area (Å²) in [5, 5.41) is 3.81. The molecule has 6 heteroatoms. The summed E-state index contributed by atoms with van der Waals surface area (Å²) in [4.78, 5) is 28.8. The first kappa shape index (κ1) is 20.3. The molecule has 4 rings (SSSR count). The smallest absolute Gasteiger partial charge is 0.222 e.